The van der Waals surface area contributed by atoms with Crippen LogP contribution in [0.15, 0.2) is 0 Å². The molecule has 0 radical (unpaired) electrons. The van der Waals surface area contributed by atoms with Crippen molar-refractivity contribution in [2.45, 2.75) is 52.4 Å². The number of carboxylic acids is 2. The molecule has 0 aromatic carbocycles. The number of rotatable bonds is 12. The Balaban J connectivity index is 3.83. The van der Waals surface area contributed by atoms with E-state index < -0.39 is 11.9 Å². The molecule has 0 spiro atoms. The standard InChI is InChI=1S/C14H27NO4/c1-12(2)7-10-15(11-8-14(18)19)9-5-3-4-6-13(16)17/h12H,3-11H2,1-2H3,(H,16,17)(H,18,19). The maximum Gasteiger partial charge on any atom is 0.304 e. The van der Waals surface area contributed by atoms with Crippen LogP contribution in [0.5, 0.6) is 0 Å². The number of carbonyl (C=O) groups is 2. The molecule has 0 rings (SSSR count). The highest BCUT2D eigenvalue weighted by Gasteiger charge is 2.08. The first-order chi connectivity index (χ1) is 8.91. The number of aliphatic carboxylic acids is 2. The highest BCUT2D eigenvalue weighted by Crippen LogP contribution is 2.06. The lowest BCUT2D eigenvalue weighted by Crippen LogP contribution is -2.29. The van der Waals surface area contributed by atoms with Gasteiger partial charge in [-0.2, -0.15) is 0 Å². The van der Waals surface area contributed by atoms with E-state index in [1.807, 2.05) is 0 Å². The Morgan fingerprint density at radius 3 is 2.05 bits per heavy atom. The molecule has 0 heterocycles. The van der Waals surface area contributed by atoms with Gasteiger partial charge in [0.15, 0.2) is 0 Å². The van der Waals surface area contributed by atoms with Gasteiger partial charge >= 0.3 is 11.9 Å². The minimum atomic E-state index is -0.763. The summed E-state index contributed by atoms with van der Waals surface area (Å²) in [5.74, 6) is -0.901. The number of carboxylic acid groups (broad SMARTS) is 2. The molecule has 5 heteroatoms. The fraction of sp³-hybridized carbons (Fsp3) is 0.857. The molecule has 0 unspecified atom stereocenters. The Bertz CT molecular complexity index is 266. The van der Waals surface area contributed by atoms with Crippen LogP contribution < -0.4 is 0 Å². The number of unbranched alkanes of at least 4 members (excludes halogenated alkanes) is 2. The molecule has 0 atom stereocenters. The Morgan fingerprint density at radius 2 is 1.53 bits per heavy atom. The lowest BCUT2D eigenvalue weighted by Gasteiger charge is -2.22. The molecule has 0 aliphatic rings. The zero-order chi connectivity index (χ0) is 14.7. The number of hydrogen-bond donors (Lipinski definition) is 2. The van der Waals surface area contributed by atoms with E-state index in [2.05, 4.69) is 18.7 Å². The molecular formula is C14H27NO4. The number of hydrogen-bond acceptors (Lipinski definition) is 3. The predicted octanol–water partition coefficient (Wildman–Crippen LogP) is 2.45. The van der Waals surface area contributed by atoms with Crippen molar-refractivity contribution in [2.24, 2.45) is 5.92 Å². The highest BCUT2D eigenvalue weighted by molar-refractivity contribution is 5.67. The molecule has 0 saturated carbocycles. The summed E-state index contributed by atoms with van der Waals surface area (Å²) in [4.78, 5) is 23.2. The maximum absolute atomic E-state index is 10.6. The summed E-state index contributed by atoms with van der Waals surface area (Å²) in [5, 5.41) is 17.3. The first-order valence-corrected chi connectivity index (χ1v) is 7.07. The van der Waals surface area contributed by atoms with E-state index in [-0.39, 0.29) is 12.8 Å². The Hall–Kier alpha value is -1.10. The van der Waals surface area contributed by atoms with Crippen LogP contribution in [-0.2, 0) is 9.59 Å². The topological polar surface area (TPSA) is 77.8 Å². The summed E-state index contributed by atoms with van der Waals surface area (Å²) in [5.41, 5.74) is 0. The molecule has 0 aliphatic carbocycles. The van der Waals surface area contributed by atoms with Gasteiger partial charge < -0.3 is 15.1 Å². The lowest BCUT2D eigenvalue weighted by molar-refractivity contribution is -0.138. The summed E-state index contributed by atoms with van der Waals surface area (Å²) >= 11 is 0. The Kier molecular flexibility index (Phi) is 10.2. The van der Waals surface area contributed by atoms with Crippen molar-refractivity contribution >= 4 is 11.9 Å². The van der Waals surface area contributed by atoms with Crippen LogP contribution in [0.4, 0.5) is 0 Å². The van der Waals surface area contributed by atoms with E-state index in [9.17, 15) is 9.59 Å². The fourth-order valence-electron chi connectivity index (χ4n) is 1.82. The molecule has 0 amide bonds. The molecule has 0 aromatic rings. The summed E-state index contributed by atoms with van der Waals surface area (Å²) in [6, 6.07) is 0. The molecule has 0 aromatic heterocycles. The molecule has 5 nitrogen and oxygen atoms in total. The van der Waals surface area contributed by atoms with Crippen molar-refractivity contribution in [3.8, 4) is 0 Å². The summed E-state index contributed by atoms with van der Waals surface area (Å²) in [6.07, 6.45) is 3.98. The molecule has 112 valence electrons. The quantitative estimate of drug-likeness (QED) is 0.534. The molecule has 0 saturated heterocycles. The molecule has 2 N–H and O–H groups in total. The van der Waals surface area contributed by atoms with Gasteiger partial charge in [0.2, 0.25) is 0 Å². The second-order valence-corrected chi connectivity index (χ2v) is 5.37. The van der Waals surface area contributed by atoms with E-state index in [0.29, 0.717) is 18.9 Å². The van der Waals surface area contributed by atoms with Gasteiger partial charge in [-0.15, -0.1) is 0 Å². The van der Waals surface area contributed by atoms with Crippen molar-refractivity contribution in [3.05, 3.63) is 0 Å². The molecule has 19 heavy (non-hydrogen) atoms. The normalized spacial score (nSPS) is 11.2. The lowest BCUT2D eigenvalue weighted by atomic mass is 10.1. The first kappa shape index (κ1) is 17.9. The smallest absolute Gasteiger partial charge is 0.304 e. The van der Waals surface area contributed by atoms with Gasteiger partial charge in [0.1, 0.15) is 0 Å². The van der Waals surface area contributed by atoms with Gasteiger partial charge in [-0.3, -0.25) is 9.59 Å². The van der Waals surface area contributed by atoms with Crippen molar-refractivity contribution in [1.82, 2.24) is 4.90 Å². The summed E-state index contributed by atoms with van der Waals surface area (Å²) < 4.78 is 0. The third kappa shape index (κ3) is 13.1. The Labute approximate surface area is 115 Å². The van der Waals surface area contributed by atoms with Crippen molar-refractivity contribution in [2.75, 3.05) is 19.6 Å². The predicted molar refractivity (Wildman–Crippen MR) is 74.3 cm³/mol. The maximum atomic E-state index is 10.6. The van der Waals surface area contributed by atoms with Crippen molar-refractivity contribution < 1.29 is 19.8 Å². The SMILES string of the molecule is CC(C)CCN(CCCCCC(=O)O)CCC(=O)O. The van der Waals surface area contributed by atoms with Crippen LogP contribution in [0.25, 0.3) is 0 Å². The van der Waals surface area contributed by atoms with Crippen LogP contribution in [0.3, 0.4) is 0 Å². The van der Waals surface area contributed by atoms with Crippen LogP contribution in [0, 0.1) is 5.92 Å². The highest BCUT2D eigenvalue weighted by atomic mass is 16.4. The van der Waals surface area contributed by atoms with Gasteiger partial charge in [-0.25, -0.2) is 0 Å². The second-order valence-electron chi connectivity index (χ2n) is 5.37. The van der Waals surface area contributed by atoms with Gasteiger partial charge in [-0.05, 0) is 38.3 Å². The summed E-state index contributed by atoms with van der Waals surface area (Å²) in [7, 11) is 0. The first-order valence-electron chi connectivity index (χ1n) is 7.07. The molecule has 0 fully saturated rings. The van der Waals surface area contributed by atoms with E-state index in [0.717, 1.165) is 32.4 Å². The van der Waals surface area contributed by atoms with Crippen LogP contribution in [-0.4, -0.2) is 46.7 Å². The second kappa shape index (κ2) is 10.8. The van der Waals surface area contributed by atoms with Crippen LogP contribution >= 0.6 is 0 Å². The van der Waals surface area contributed by atoms with Crippen molar-refractivity contribution in [3.63, 3.8) is 0 Å². The molecule has 0 aliphatic heterocycles. The zero-order valence-electron chi connectivity index (χ0n) is 12.1. The average molecular weight is 273 g/mol. The third-order valence-electron chi connectivity index (χ3n) is 3.03. The fourth-order valence-corrected chi connectivity index (χ4v) is 1.82. The van der Waals surface area contributed by atoms with E-state index in [1.54, 1.807) is 0 Å². The third-order valence-corrected chi connectivity index (χ3v) is 3.03. The van der Waals surface area contributed by atoms with Crippen molar-refractivity contribution in [1.29, 1.82) is 0 Å². The van der Waals surface area contributed by atoms with Gasteiger partial charge in [0, 0.05) is 13.0 Å². The zero-order valence-corrected chi connectivity index (χ0v) is 12.1. The monoisotopic (exact) mass is 273 g/mol. The minimum absolute atomic E-state index is 0.174. The van der Waals surface area contributed by atoms with Gasteiger partial charge in [-0.1, -0.05) is 20.3 Å². The largest absolute Gasteiger partial charge is 0.481 e. The van der Waals surface area contributed by atoms with Crippen LogP contribution in [0.1, 0.15) is 52.4 Å². The number of nitrogens with zero attached hydrogens (tertiary/aromatic N) is 1. The van der Waals surface area contributed by atoms with Gasteiger partial charge in [0.05, 0.1) is 6.42 Å². The van der Waals surface area contributed by atoms with Crippen LogP contribution in [0.2, 0.25) is 0 Å². The minimum Gasteiger partial charge on any atom is -0.481 e. The average Bonchev–Trinajstić information content (AvgIpc) is 2.30. The van der Waals surface area contributed by atoms with Gasteiger partial charge in [0.25, 0.3) is 0 Å². The van der Waals surface area contributed by atoms with E-state index >= 15 is 0 Å². The van der Waals surface area contributed by atoms with E-state index in [4.69, 9.17) is 10.2 Å². The summed E-state index contributed by atoms with van der Waals surface area (Å²) in [6.45, 7) is 6.68. The Morgan fingerprint density at radius 1 is 0.895 bits per heavy atom. The van der Waals surface area contributed by atoms with E-state index in [1.165, 1.54) is 0 Å². The molecular weight excluding hydrogens is 246 g/mol. The molecule has 0 bridgehead atoms.